The number of ether oxygens (including phenoxy) is 1. The maximum Gasteiger partial charge on any atom is 0.290 e. The normalized spacial score (nSPS) is 16.1. The van der Waals surface area contributed by atoms with Crippen molar-refractivity contribution in [2.24, 2.45) is 0 Å². The topological polar surface area (TPSA) is 83.2 Å². The number of nitrogens with zero attached hydrogens (tertiary/aromatic N) is 2. The summed E-state index contributed by atoms with van der Waals surface area (Å²) in [5.74, 6) is -0.671. The van der Waals surface area contributed by atoms with Gasteiger partial charge in [0.15, 0.2) is 22.9 Å². The Kier molecular flexibility index (Phi) is 7.50. The first-order valence-electron chi connectivity index (χ1n) is 12.5. The van der Waals surface area contributed by atoms with Crippen LogP contribution in [0.5, 0.6) is 5.75 Å². The monoisotopic (exact) mass is 490 g/mol. The number of carbonyl (C=O) groups is 2. The molecule has 0 fully saturated rings. The zero-order valence-corrected chi connectivity index (χ0v) is 21.6. The lowest BCUT2D eigenvalue weighted by Crippen LogP contribution is -2.38. The van der Waals surface area contributed by atoms with Gasteiger partial charge in [0.05, 0.1) is 18.7 Å². The van der Waals surface area contributed by atoms with Crippen molar-refractivity contribution in [1.82, 2.24) is 9.80 Å². The molecule has 2 aromatic carbocycles. The molecule has 0 saturated heterocycles. The molecule has 0 unspecified atom stereocenters. The fourth-order valence-corrected chi connectivity index (χ4v) is 4.76. The molecule has 3 aromatic rings. The first-order chi connectivity index (χ1) is 17.3. The van der Waals surface area contributed by atoms with Gasteiger partial charge in [0, 0.05) is 18.5 Å². The molecule has 7 nitrogen and oxygen atoms in total. The third kappa shape index (κ3) is 4.63. The van der Waals surface area contributed by atoms with Gasteiger partial charge in [-0.1, -0.05) is 64.1 Å². The SMILES string of the molecule is CCN(CC)CCN1C(=O)C(O)=C(C(=O)c2cc3cccc(OC)c3o2)[C@@H]1c1ccc(C(C)C)cc1. The number of aliphatic hydroxyl groups is 1. The van der Waals surface area contributed by atoms with E-state index in [1.165, 1.54) is 7.11 Å². The summed E-state index contributed by atoms with van der Waals surface area (Å²) in [6.07, 6.45) is 0. The first-order valence-corrected chi connectivity index (χ1v) is 12.5. The number of fused-ring (bicyclic) bond motifs is 1. The molecule has 4 rings (SSSR count). The fraction of sp³-hybridized carbons (Fsp3) is 0.379. The zero-order valence-electron chi connectivity index (χ0n) is 21.6. The highest BCUT2D eigenvalue weighted by Crippen LogP contribution is 2.40. The molecule has 1 N–H and O–H groups in total. The average Bonchev–Trinajstić information content (AvgIpc) is 3.43. The maximum absolute atomic E-state index is 13.8. The van der Waals surface area contributed by atoms with Crippen molar-refractivity contribution in [2.45, 2.75) is 39.7 Å². The van der Waals surface area contributed by atoms with Crippen molar-refractivity contribution < 1.29 is 23.8 Å². The molecule has 0 bridgehead atoms. The summed E-state index contributed by atoms with van der Waals surface area (Å²) < 4.78 is 11.3. The van der Waals surface area contributed by atoms with Crippen LogP contribution >= 0.6 is 0 Å². The summed E-state index contributed by atoms with van der Waals surface area (Å²) in [7, 11) is 1.54. The number of rotatable bonds is 10. The lowest BCUT2D eigenvalue weighted by Gasteiger charge is -2.29. The number of furan rings is 1. The number of Topliss-reactive ketones (excluding diaryl/α,β-unsaturated/α-hetero) is 1. The van der Waals surface area contributed by atoms with Gasteiger partial charge < -0.3 is 24.1 Å². The van der Waals surface area contributed by atoms with E-state index in [1.54, 1.807) is 17.0 Å². The van der Waals surface area contributed by atoms with E-state index >= 15 is 0 Å². The Balaban J connectivity index is 1.77. The van der Waals surface area contributed by atoms with Crippen molar-refractivity contribution in [3.05, 3.63) is 76.8 Å². The summed E-state index contributed by atoms with van der Waals surface area (Å²) in [6.45, 7) is 11.1. The van der Waals surface area contributed by atoms with Crippen LogP contribution < -0.4 is 4.74 Å². The number of benzene rings is 2. The van der Waals surface area contributed by atoms with Gasteiger partial charge in [-0.3, -0.25) is 9.59 Å². The highest BCUT2D eigenvalue weighted by molar-refractivity contribution is 6.16. The molecule has 7 heteroatoms. The number of likely N-dealkylation sites (N-methyl/N-ethyl adjacent to an activating group) is 1. The number of hydrogen-bond acceptors (Lipinski definition) is 6. The third-order valence-electron chi connectivity index (χ3n) is 6.97. The standard InChI is InChI=1S/C29H34N2O5/c1-6-30(7-2)15-16-31-25(20-13-11-19(12-14-20)18(3)4)24(27(33)29(31)34)26(32)23-17-21-9-8-10-22(35-5)28(21)36-23/h8-14,17-18,25,33H,6-7,15-16H2,1-5H3/t25-/m0/s1. The van der Waals surface area contributed by atoms with Gasteiger partial charge in [0.1, 0.15) is 0 Å². The second-order valence-electron chi connectivity index (χ2n) is 9.33. The first kappa shape index (κ1) is 25.5. The molecule has 0 aliphatic carbocycles. The van der Waals surface area contributed by atoms with Crippen LogP contribution in [0.1, 0.15) is 61.3 Å². The molecule has 1 aliphatic rings. The van der Waals surface area contributed by atoms with E-state index in [-0.39, 0.29) is 11.3 Å². The van der Waals surface area contributed by atoms with Gasteiger partial charge in [-0.15, -0.1) is 0 Å². The van der Waals surface area contributed by atoms with E-state index in [9.17, 15) is 14.7 Å². The van der Waals surface area contributed by atoms with E-state index in [1.807, 2.05) is 36.4 Å². The van der Waals surface area contributed by atoms with Crippen molar-refractivity contribution >= 4 is 22.7 Å². The minimum absolute atomic E-state index is 0.0369. The van der Waals surface area contributed by atoms with Crippen LogP contribution in [0, 0.1) is 0 Å². The summed E-state index contributed by atoms with van der Waals surface area (Å²) in [5.41, 5.74) is 2.41. The average molecular weight is 491 g/mol. The summed E-state index contributed by atoms with van der Waals surface area (Å²) in [6, 6.07) is 14.2. The Morgan fingerprint density at radius 1 is 1.14 bits per heavy atom. The van der Waals surface area contributed by atoms with Crippen LogP contribution in [-0.2, 0) is 4.79 Å². The number of methoxy groups -OCH3 is 1. The van der Waals surface area contributed by atoms with Crippen LogP contribution in [0.15, 0.2) is 64.3 Å². The minimum Gasteiger partial charge on any atom is -0.503 e. The van der Waals surface area contributed by atoms with E-state index in [4.69, 9.17) is 9.15 Å². The van der Waals surface area contributed by atoms with E-state index < -0.39 is 23.5 Å². The molecule has 1 amide bonds. The zero-order chi connectivity index (χ0) is 26.0. The number of aliphatic hydroxyl groups excluding tert-OH is 1. The molecule has 0 radical (unpaired) electrons. The molecule has 36 heavy (non-hydrogen) atoms. The van der Waals surface area contributed by atoms with Crippen molar-refractivity contribution in [3.8, 4) is 5.75 Å². The van der Waals surface area contributed by atoms with Gasteiger partial charge in [0.25, 0.3) is 5.91 Å². The Bertz CT molecular complexity index is 1280. The van der Waals surface area contributed by atoms with Crippen LogP contribution in [0.3, 0.4) is 0 Å². The molecule has 0 spiro atoms. The number of ketones is 1. The Morgan fingerprint density at radius 3 is 2.44 bits per heavy atom. The quantitative estimate of drug-likeness (QED) is 0.379. The summed E-state index contributed by atoms with van der Waals surface area (Å²) in [5, 5.41) is 11.7. The van der Waals surface area contributed by atoms with Crippen LogP contribution in [-0.4, -0.2) is 59.9 Å². The molecule has 1 atom stereocenters. The Labute approximate surface area is 211 Å². The second-order valence-corrected chi connectivity index (χ2v) is 9.33. The Morgan fingerprint density at radius 2 is 1.83 bits per heavy atom. The van der Waals surface area contributed by atoms with Gasteiger partial charge in [-0.05, 0) is 42.3 Å². The minimum atomic E-state index is -0.711. The summed E-state index contributed by atoms with van der Waals surface area (Å²) >= 11 is 0. The number of carbonyl (C=O) groups excluding carboxylic acids is 2. The van der Waals surface area contributed by atoms with Crippen LogP contribution in [0.25, 0.3) is 11.0 Å². The highest BCUT2D eigenvalue weighted by Gasteiger charge is 2.44. The van der Waals surface area contributed by atoms with Crippen molar-refractivity contribution in [2.75, 3.05) is 33.3 Å². The van der Waals surface area contributed by atoms with E-state index in [0.29, 0.717) is 35.7 Å². The van der Waals surface area contributed by atoms with Gasteiger partial charge in [-0.2, -0.15) is 0 Å². The number of amides is 1. The number of para-hydroxylation sites is 1. The van der Waals surface area contributed by atoms with Crippen molar-refractivity contribution in [1.29, 1.82) is 0 Å². The van der Waals surface area contributed by atoms with Crippen LogP contribution in [0.2, 0.25) is 0 Å². The molecule has 1 aliphatic heterocycles. The van der Waals surface area contributed by atoms with Gasteiger partial charge in [0.2, 0.25) is 5.78 Å². The predicted molar refractivity (Wildman–Crippen MR) is 140 cm³/mol. The predicted octanol–water partition coefficient (Wildman–Crippen LogP) is 5.48. The van der Waals surface area contributed by atoms with Gasteiger partial charge >= 0.3 is 0 Å². The highest BCUT2D eigenvalue weighted by atomic mass is 16.5. The molecular weight excluding hydrogens is 456 g/mol. The summed E-state index contributed by atoms with van der Waals surface area (Å²) in [4.78, 5) is 30.8. The van der Waals surface area contributed by atoms with Crippen LogP contribution in [0.4, 0.5) is 0 Å². The maximum atomic E-state index is 13.8. The second kappa shape index (κ2) is 10.6. The lowest BCUT2D eigenvalue weighted by molar-refractivity contribution is -0.129. The van der Waals surface area contributed by atoms with E-state index in [0.717, 1.165) is 24.2 Å². The Hall–Kier alpha value is -3.58. The largest absolute Gasteiger partial charge is 0.503 e. The van der Waals surface area contributed by atoms with Gasteiger partial charge in [-0.25, -0.2) is 0 Å². The van der Waals surface area contributed by atoms with Crippen molar-refractivity contribution in [3.63, 3.8) is 0 Å². The number of hydrogen-bond donors (Lipinski definition) is 1. The molecule has 190 valence electrons. The fourth-order valence-electron chi connectivity index (χ4n) is 4.76. The molecule has 2 heterocycles. The van der Waals surface area contributed by atoms with E-state index in [2.05, 4.69) is 32.6 Å². The molecular formula is C29H34N2O5. The molecule has 0 saturated carbocycles. The third-order valence-corrected chi connectivity index (χ3v) is 6.97. The lowest BCUT2D eigenvalue weighted by atomic mass is 9.93. The molecule has 1 aromatic heterocycles. The smallest absolute Gasteiger partial charge is 0.290 e.